The number of rotatable bonds is 4. The zero-order valence-corrected chi connectivity index (χ0v) is 25.1. The van der Waals surface area contributed by atoms with Gasteiger partial charge in [0.05, 0.1) is 22.1 Å². The molecule has 2 nitrogen and oxygen atoms in total. The van der Waals surface area contributed by atoms with Crippen molar-refractivity contribution >= 4 is 55.2 Å². The van der Waals surface area contributed by atoms with E-state index < -0.39 is 0 Å². The molecule has 0 radical (unpaired) electrons. The molecule has 2 aromatic heterocycles. The fourth-order valence-corrected chi connectivity index (χ4v) is 7.17. The lowest BCUT2D eigenvalue weighted by atomic mass is 9.97. The second kappa shape index (κ2) is 10.3. The van der Waals surface area contributed by atoms with Crippen LogP contribution in [0.15, 0.2) is 164 Å². The van der Waals surface area contributed by atoms with Crippen molar-refractivity contribution in [3.63, 3.8) is 0 Å². The van der Waals surface area contributed by atoms with Crippen molar-refractivity contribution in [3.05, 3.63) is 169 Å². The molecule has 0 saturated heterocycles. The number of para-hydroxylation sites is 4. The molecule has 9 aromatic rings. The van der Waals surface area contributed by atoms with Gasteiger partial charge in [0.1, 0.15) is 0 Å². The van der Waals surface area contributed by atoms with E-state index in [1.807, 2.05) is 0 Å². The molecule has 0 N–H and O–H groups in total. The maximum absolute atomic E-state index is 6.84. The van der Waals surface area contributed by atoms with Crippen molar-refractivity contribution in [1.29, 1.82) is 0 Å². The molecule has 0 amide bonds. The van der Waals surface area contributed by atoms with Crippen LogP contribution < -0.4 is 0 Å². The first-order valence-electron chi connectivity index (χ1n) is 15.2. The van der Waals surface area contributed by atoms with Gasteiger partial charge in [-0.25, -0.2) is 0 Å². The third-order valence-corrected chi connectivity index (χ3v) is 9.16. The van der Waals surface area contributed by atoms with Crippen LogP contribution in [0.1, 0.15) is 0 Å². The minimum absolute atomic E-state index is 0.723. The number of hydrogen-bond donors (Lipinski definition) is 0. The highest BCUT2D eigenvalue weighted by Crippen LogP contribution is 2.39. The molecule has 0 unspecified atom stereocenters. The summed E-state index contributed by atoms with van der Waals surface area (Å²) in [5.74, 6) is 0. The Hall–Kier alpha value is -5.57. The monoisotopic (exact) mass is 594 g/mol. The predicted molar refractivity (Wildman–Crippen MR) is 191 cm³/mol. The van der Waals surface area contributed by atoms with E-state index in [1.54, 1.807) is 0 Å². The van der Waals surface area contributed by atoms with Gasteiger partial charge in [-0.2, -0.15) is 0 Å². The summed E-state index contributed by atoms with van der Waals surface area (Å²) in [5.41, 5.74) is 11.6. The quantitative estimate of drug-likeness (QED) is 0.192. The summed E-state index contributed by atoms with van der Waals surface area (Å²) < 4.78 is 4.69. The van der Waals surface area contributed by atoms with Crippen LogP contribution in [0.25, 0.3) is 77.2 Å². The highest BCUT2D eigenvalue weighted by Gasteiger charge is 2.16. The van der Waals surface area contributed by atoms with Crippen molar-refractivity contribution in [2.75, 3.05) is 0 Å². The van der Waals surface area contributed by atoms with Gasteiger partial charge in [-0.3, -0.25) is 0 Å². The Labute approximate surface area is 266 Å². The standard InChI is InChI=1S/C42H27ClN2/c43-32-24-30(28-19-21-41-37(26-28)35-15-7-9-17-39(35)44(41)33-11-3-1-4-12-33)23-31(25-32)29-20-22-42-38(27-29)36-16-8-10-18-40(36)45(42)34-13-5-2-6-14-34/h1-27H. The molecule has 3 heteroatoms. The summed E-state index contributed by atoms with van der Waals surface area (Å²) >= 11 is 6.84. The Kier molecular flexibility index (Phi) is 5.90. The maximum atomic E-state index is 6.84. The number of nitrogens with zero attached hydrogens (tertiary/aromatic N) is 2. The third kappa shape index (κ3) is 4.18. The summed E-state index contributed by atoms with van der Waals surface area (Å²) in [4.78, 5) is 0. The largest absolute Gasteiger partial charge is 0.309 e. The lowest BCUT2D eigenvalue weighted by molar-refractivity contribution is 1.18. The van der Waals surface area contributed by atoms with E-state index >= 15 is 0 Å². The van der Waals surface area contributed by atoms with Crippen LogP contribution in [0.2, 0.25) is 5.02 Å². The van der Waals surface area contributed by atoms with Crippen LogP contribution in [-0.4, -0.2) is 9.13 Å². The number of hydrogen-bond acceptors (Lipinski definition) is 0. The van der Waals surface area contributed by atoms with Gasteiger partial charge in [-0.1, -0.05) is 96.5 Å². The van der Waals surface area contributed by atoms with Crippen molar-refractivity contribution in [1.82, 2.24) is 9.13 Å². The van der Waals surface area contributed by atoms with Crippen LogP contribution in [-0.2, 0) is 0 Å². The molecule has 0 fully saturated rings. The van der Waals surface area contributed by atoms with Gasteiger partial charge in [0.15, 0.2) is 0 Å². The fourth-order valence-electron chi connectivity index (χ4n) is 6.94. The molecule has 0 bridgehead atoms. The number of benzene rings is 7. The highest BCUT2D eigenvalue weighted by atomic mass is 35.5. The normalized spacial score (nSPS) is 11.7. The molecule has 0 aliphatic rings. The van der Waals surface area contributed by atoms with Gasteiger partial charge in [0.25, 0.3) is 0 Å². The molecule has 0 aliphatic heterocycles. The lowest BCUT2D eigenvalue weighted by Gasteiger charge is -2.11. The summed E-state index contributed by atoms with van der Waals surface area (Å²) in [5, 5.41) is 5.65. The van der Waals surface area contributed by atoms with E-state index in [9.17, 15) is 0 Å². The average molecular weight is 595 g/mol. The summed E-state index contributed by atoms with van der Waals surface area (Å²) in [6.07, 6.45) is 0. The van der Waals surface area contributed by atoms with Crippen molar-refractivity contribution in [2.24, 2.45) is 0 Å². The van der Waals surface area contributed by atoms with Crippen LogP contribution in [0.5, 0.6) is 0 Å². The van der Waals surface area contributed by atoms with Crippen LogP contribution in [0.4, 0.5) is 0 Å². The van der Waals surface area contributed by atoms with Crippen LogP contribution in [0.3, 0.4) is 0 Å². The first kappa shape index (κ1) is 25.9. The molecule has 7 aromatic carbocycles. The van der Waals surface area contributed by atoms with Gasteiger partial charge in [0.2, 0.25) is 0 Å². The van der Waals surface area contributed by atoms with Crippen molar-refractivity contribution < 1.29 is 0 Å². The first-order chi connectivity index (χ1) is 22.2. The van der Waals surface area contributed by atoms with Gasteiger partial charge in [0, 0.05) is 37.9 Å². The van der Waals surface area contributed by atoms with E-state index in [-0.39, 0.29) is 0 Å². The number of fused-ring (bicyclic) bond motifs is 6. The number of aromatic nitrogens is 2. The van der Waals surface area contributed by atoms with E-state index in [2.05, 4.69) is 173 Å². The van der Waals surface area contributed by atoms with Crippen molar-refractivity contribution in [2.45, 2.75) is 0 Å². The van der Waals surface area contributed by atoms with Gasteiger partial charge in [-0.05, 0) is 101 Å². The summed E-state index contributed by atoms with van der Waals surface area (Å²) in [6, 6.07) is 58.4. The van der Waals surface area contributed by atoms with E-state index in [4.69, 9.17) is 11.6 Å². The Bertz CT molecular complexity index is 2360. The molecule has 0 saturated carbocycles. The van der Waals surface area contributed by atoms with E-state index in [0.29, 0.717) is 0 Å². The zero-order chi connectivity index (χ0) is 29.9. The zero-order valence-electron chi connectivity index (χ0n) is 24.4. The molecule has 2 heterocycles. The molecule has 9 rings (SSSR count). The molecule has 0 aliphatic carbocycles. The van der Waals surface area contributed by atoms with Gasteiger partial charge >= 0.3 is 0 Å². The Balaban J connectivity index is 1.20. The molecular formula is C42H27ClN2. The fraction of sp³-hybridized carbons (Fsp3) is 0. The predicted octanol–water partition coefficient (Wildman–Crippen LogP) is 11.9. The van der Waals surface area contributed by atoms with Crippen LogP contribution in [0, 0.1) is 0 Å². The second-order valence-electron chi connectivity index (χ2n) is 11.6. The van der Waals surface area contributed by atoms with Crippen LogP contribution >= 0.6 is 11.6 Å². The van der Waals surface area contributed by atoms with Gasteiger partial charge in [-0.15, -0.1) is 0 Å². The average Bonchev–Trinajstić information content (AvgIpc) is 3.61. The minimum Gasteiger partial charge on any atom is -0.309 e. The summed E-state index contributed by atoms with van der Waals surface area (Å²) in [7, 11) is 0. The lowest BCUT2D eigenvalue weighted by Crippen LogP contribution is -1.93. The Morgan fingerprint density at radius 3 is 1.18 bits per heavy atom. The summed E-state index contributed by atoms with van der Waals surface area (Å²) in [6.45, 7) is 0. The molecule has 0 atom stereocenters. The number of halogens is 1. The second-order valence-corrected chi connectivity index (χ2v) is 12.0. The van der Waals surface area contributed by atoms with E-state index in [1.165, 1.54) is 43.6 Å². The topological polar surface area (TPSA) is 9.86 Å². The first-order valence-corrected chi connectivity index (χ1v) is 15.6. The SMILES string of the molecule is Clc1cc(-c2ccc3c(c2)c2ccccc2n3-c2ccccc2)cc(-c2ccc3c(c2)c2ccccc2n3-c2ccccc2)c1. The Morgan fingerprint density at radius 1 is 0.311 bits per heavy atom. The molecule has 45 heavy (non-hydrogen) atoms. The van der Waals surface area contributed by atoms with Gasteiger partial charge < -0.3 is 9.13 Å². The molecule has 212 valence electrons. The smallest absolute Gasteiger partial charge is 0.0541 e. The van der Waals surface area contributed by atoms with E-state index in [0.717, 1.165) is 38.7 Å². The molecule has 0 spiro atoms. The Morgan fingerprint density at radius 2 is 0.711 bits per heavy atom. The maximum Gasteiger partial charge on any atom is 0.0541 e. The van der Waals surface area contributed by atoms with Crippen molar-refractivity contribution in [3.8, 4) is 33.6 Å². The molecular weight excluding hydrogens is 568 g/mol. The third-order valence-electron chi connectivity index (χ3n) is 8.94. The minimum atomic E-state index is 0.723. The highest BCUT2D eigenvalue weighted by molar-refractivity contribution is 6.31.